The molecule has 0 aliphatic rings. The summed E-state index contributed by atoms with van der Waals surface area (Å²) in [5.74, 6) is 0. The average molecular weight is 279 g/mol. The van der Waals surface area contributed by atoms with Crippen molar-refractivity contribution in [2.45, 2.75) is 26.8 Å². The van der Waals surface area contributed by atoms with Gasteiger partial charge in [-0.2, -0.15) is 5.10 Å². The van der Waals surface area contributed by atoms with Gasteiger partial charge in [0.25, 0.3) is 0 Å². The highest BCUT2D eigenvalue weighted by Gasteiger charge is 2.09. The van der Waals surface area contributed by atoms with E-state index in [9.17, 15) is 0 Å². The second kappa shape index (κ2) is 5.72. The Morgan fingerprint density at radius 2 is 2.21 bits per heavy atom. The first-order valence-corrected chi connectivity index (χ1v) is 6.76. The number of hydrogen-bond donors (Lipinski definition) is 1. The third kappa shape index (κ3) is 3.14. The number of rotatable bonds is 4. The molecule has 0 saturated carbocycles. The maximum Gasteiger partial charge on any atom is 0.159 e. The fourth-order valence-electron chi connectivity index (χ4n) is 1.94. The number of nitrogens with zero attached hydrogens (tertiary/aromatic N) is 3. The molecule has 2 rings (SSSR count). The van der Waals surface area contributed by atoms with Gasteiger partial charge in [-0.15, -0.1) is 0 Å². The molecule has 0 amide bonds. The van der Waals surface area contributed by atoms with Crippen LogP contribution in [0.3, 0.4) is 0 Å². The molecule has 2 aromatic rings. The van der Waals surface area contributed by atoms with Gasteiger partial charge in [0, 0.05) is 30.6 Å². The number of aromatic nitrogens is 3. The summed E-state index contributed by atoms with van der Waals surface area (Å²) in [5.41, 5.74) is 2.72. The van der Waals surface area contributed by atoms with Crippen LogP contribution in [0.5, 0.6) is 0 Å². The Hall–Kier alpha value is -1.39. The van der Waals surface area contributed by atoms with Crippen LogP contribution < -0.4 is 5.32 Å². The number of nitrogens with one attached hydrogen (secondary N) is 1. The fourth-order valence-corrected chi connectivity index (χ4v) is 2.14. The molecule has 0 atom stereocenters. The summed E-state index contributed by atoms with van der Waals surface area (Å²) >= 11 is 6.20. The monoisotopic (exact) mass is 278 g/mol. The molecule has 0 unspecified atom stereocenters. The Kier molecular flexibility index (Phi) is 4.22. The van der Waals surface area contributed by atoms with Crippen LogP contribution in [0.15, 0.2) is 12.1 Å². The summed E-state index contributed by atoms with van der Waals surface area (Å²) in [6, 6.07) is 2.51. The number of hydrogen-bond acceptors (Lipinski definition) is 3. The summed E-state index contributed by atoms with van der Waals surface area (Å²) in [7, 11) is 1.88. The summed E-state index contributed by atoms with van der Waals surface area (Å²) in [6.45, 7) is 7.03. The fraction of sp³-hybridized carbons (Fsp3) is 0.429. The van der Waals surface area contributed by atoms with Crippen LogP contribution in [0.1, 0.15) is 25.1 Å². The second-order valence-corrected chi connectivity index (χ2v) is 5.27. The molecule has 0 spiro atoms. The van der Waals surface area contributed by atoms with Crippen LogP contribution in [-0.4, -0.2) is 27.4 Å². The van der Waals surface area contributed by atoms with Gasteiger partial charge in [0.2, 0.25) is 0 Å². The van der Waals surface area contributed by atoms with E-state index in [1.54, 1.807) is 4.68 Å². The minimum absolute atomic E-state index is 0.473. The van der Waals surface area contributed by atoms with Crippen molar-refractivity contribution in [2.75, 3.05) is 6.54 Å². The Labute approximate surface area is 118 Å². The van der Waals surface area contributed by atoms with Crippen LogP contribution in [-0.2, 0) is 7.05 Å². The smallest absolute Gasteiger partial charge is 0.159 e. The number of pyridine rings is 1. The number of aryl methyl sites for hydroxylation is 2. The Morgan fingerprint density at radius 3 is 2.89 bits per heavy atom. The molecule has 0 saturated heterocycles. The predicted molar refractivity (Wildman–Crippen MR) is 80.4 cm³/mol. The molecule has 4 nitrogen and oxygen atoms in total. The third-order valence-electron chi connectivity index (χ3n) is 2.92. The lowest BCUT2D eigenvalue weighted by atomic mass is 10.2. The van der Waals surface area contributed by atoms with E-state index in [0.717, 1.165) is 28.8 Å². The van der Waals surface area contributed by atoms with Crippen LogP contribution in [0.25, 0.3) is 17.1 Å². The standard InChI is InChI=1S/C14H19ClN4/c1-9(2)16-7-5-6-11-8-12-10(3)18-19(4)14(12)17-13(11)15/h5-6,8-9,16H,7H2,1-4H3. The van der Waals surface area contributed by atoms with Gasteiger partial charge >= 0.3 is 0 Å². The van der Waals surface area contributed by atoms with Crippen molar-refractivity contribution in [3.63, 3.8) is 0 Å². The molecule has 19 heavy (non-hydrogen) atoms. The van der Waals surface area contributed by atoms with Gasteiger partial charge in [-0.1, -0.05) is 37.6 Å². The minimum Gasteiger partial charge on any atom is -0.311 e. The zero-order chi connectivity index (χ0) is 14.0. The lowest BCUT2D eigenvalue weighted by Crippen LogP contribution is -2.22. The first-order chi connectivity index (χ1) is 8.99. The molecule has 0 bridgehead atoms. The van der Waals surface area contributed by atoms with Crippen molar-refractivity contribution in [1.29, 1.82) is 0 Å². The van der Waals surface area contributed by atoms with Crippen molar-refractivity contribution >= 4 is 28.7 Å². The van der Waals surface area contributed by atoms with Gasteiger partial charge < -0.3 is 5.32 Å². The van der Waals surface area contributed by atoms with Crippen molar-refractivity contribution in [1.82, 2.24) is 20.1 Å². The zero-order valence-electron chi connectivity index (χ0n) is 11.7. The molecule has 1 N–H and O–H groups in total. The molecule has 2 aromatic heterocycles. The van der Waals surface area contributed by atoms with Crippen LogP contribution >= 0.6 is 11.6 Å². The van der Waals surface area contributed by atoms with Gasteiger partial charge in [-0.05, 0) is 13.0 Å². The molecule has 2 heterocycles. The largest absolute Gasteiger partial charge is 0.311 e. The van der Waals surface area contributed by atoms with Crippen molar-refractivity contribution in [3.8, 4) is 0 Å². The van der Waals surface area contributed by atoms with Gasteiger partial charge in [0.1, 0.15) is 5.15 Å². The number of halogens is 1. The summed E-state index contributed by atoms with van der Waals surface area (Å²) in [6.07, 6.45) is 4.05. The second-order valence-electron chi connectivity index (χ2n) is 4.91. The SMILES string of the molecule is Cc1nn(C)c2nc(Cl)c(C=CCNC(C)C)cc12. The van der Waals surface area contributed by atoms with E-state index in [4.69, 9.17) is 11.6 Å². The van der Waals surface area contributed by atoms with E-state index in [-0.39, 0.29) is 0 Å². The van der Waals surface area contributed by atoms with Crippen LogP contribution in [0, 0.1) is 6.92 Å². The molecule has 0 fully saturated rings. The van der Waals surface area contributed by atoms with Crippen molar-refractivity contribution in [2.24, 2.45) is 7.05 Å². The highest BCUT2D eigenvalue weighted by molar-refractivity contribution is 6.31. The molecule has 102 valence electrons. The Morgan fingerprint density at radius 1 is 1.47 bits per heavy atom. The lowest BCUT2D eigenvalue weighted by Gasteiger charge is -2.04. The van der Waals surface area contributed by atoms with Crippen molar-refractivity contribution in [3.05, 3.63) is 28.6 Å². The van der Waals surface area contributed by atoms with Crippen molar-refractivity contribution < 1.29 is 0 Å². The number of fused-ring (bicyclic) bond motifs is 1. The lowest BCUT2D eigenvalue weighted by molar-refractivity contribution is 0.633. The van der Waals surface area contributed by atoms with E-state index < -0.39 is 0 Å². The summed E-state index contributed by atoms with van der Waals surface area (Å²) in [5, 5.41) is 9.23. The Balaban J connectivity index is 2.28. The van der Waals surface area contributed by atoms with E-state index in [2.05, 4.69) is 35.3 Å². The van der Waals surface area contributed by atoms with E-state index >= 15 is 0 Å². The molecule has 0 aliphatic heterocycles. The maximum absolute atomic E-state index is 6.20. The van der Waals surface area contributed by atoms with Gasteiger partial charge in [-0.25, -0.2) is 4.98 Å². The molecule has 0 radical (unpaired) electrons. The highest BCUT2D eigenvalue weighted by atomic mass is 35.5. The first-order valence-electron chi connectivity index (χ1n) is 6.39. The summed E-state index contributed by atoms with van der Waals surface area (Å²) < 4.78 is 1.75. The molecular weight excluding hydrogens is 260 g/mol. The van der Waals surface area contributed by atoms with Gasteiger partial charge in [0.15, 0.2) is 5.65 Å². The quantitative estimate of drug-likeness (QED) is 0.875. The molecular formula is C14H19ClN4. The van der Waals surface area contributed by atoms with E-state index in [1.807, 2.05) is 26.1 Å². The molecule has 0 aromatic carbocycles. The topological polar surface area (TPSA) is 42.7 Å². The van der Waals surface area contributed by atoms with Crippen LogP contribution in [0.2, 0.25) is 5.15 Å². The normalized spacial score (nSPS) is 12.1. The van der Waals surface area contributed by atoms with Gasteiger partial charge in [-0.3, -0.25) is 4.68 Å². The van der Waals surface area contributed by atoms with E-state index in [1.165, 1.54) is 0 Å². The first kappa shape index (κ1) is 14.0. The molecule has 0 aliphatic carbocycles. The summed E-state index contributed by atoms with van der Waals surface area (Å²) in [4.78, 5) is 4.40. The molecule has 5 heteroatoms. The van der Waals surface area contributed by atoms with Gasteiger partial charge in [0.05, 0.1) is 5.69 Å². The minimum atomic E-state index is 0.473. The average Bonchev–Trinajstić information content (AvgIpc) is 2.60. The maximum atomic E-state index is 6.20. The van der Waals surface area contributed by atoms with Crippen LogP contribution in [0.4, 0.5) is 0 Å². The third-order valence-corrected chi connectivity index (χ3v) is 3.22. The Bertz CT molecular complexity index is 613. The predicted octanol–water partition coefficient (Wildman–Crippen LogP) is 2.94. The van der Waals surface area contributed by atoms with E-state index in [0.29, 0.717) is 11.2 Å². The highest BCUT2D eigenvalue weighted by Crippen LogP contribution is 2.23. The zero-order valence-corrected chi connectivity index (χ0v) is 12.5.